The Morgan fingerprint density at radius 3 is 3.07 bits per heavy atom. The standard InChI is InChI=1S/C11H17ClN2S/c1-8-3-4-10(12)5-14(8)6-11-7-15-9(2)13-11/h7-8,10H,3-6H2,1-2H3. The van der Waals surface area contributed by atoms with E-state index < -0.39 is 0 Å². The average molecular weight is 245 g/mol. The number of hydrogen-bond donors (Lipinski definition) is 0. The number of aryl methyl sites for hydroxylation is 1. The van der Waals surface area contributed by atoms with Gasteiger partial charge in [0.2, 0.25) is 0 Å². The molecule has 0 amide bonds. The maximum Gasteiger partial charge on any atom is 0.0897 e. The van der Waals surface area contributed by atoms with Crippen LogP contribution in [-0.2, 0) is 6.54 Å². The van der Waals surface area contributed by atoms with Gasteiger partial charge < -0.3 is 0 Å². The first-order chi connectivity index (χ1) is 7.15. The number of thiazole rings is 1. The summed E-state index contributed by atoms with van der Waals surface area (Å²) in [6, 6.07) is 0.641. The summed E-state index contributed by atoms with van der Waals surface area (Å²) in [5, 5.41) is 3.62. The highest BCUT2D eigenvalue weighted by Gasteiger charge is 2.24. The van der Waals surface area contributed by atoms with Gasteiger partial charge in [-0.05, 0) is 26.7 Å². The Hall–Kier alpha value is -0.120. The summed E-state index contributed by atoms with van der Waals surface area (Å²) in [7, 11) is 0. The molecule has 0 spiro atoms. The van der Waals surface area contributed by atoms with E-state index in [-0.39, 0.29) is 0 Å². The van der Waals surface area contributed by atoms with Crippen LogP contribution in [-0.4, -0.2) is 27.8 Å². The summed E-state index contributed by atoms with van der Waals surface area (Å²) in [6.07, 6.45) is 2.35. The van der Waals surface area contributed by atoms with Crippen LogP contribution in [0.25, 0.3) is 0 Å². The van der Waals surface area contributed by atoms with Crippen LogP contribution >= 0.6 is 22.9 Å². The van der Waals surface area contributed by atoms with Crippen LogP contribution in [0.5, 0.6) is 0 Å². The van der Waals surface area contributed by atoms with Crippen molar-refractivity contribution < 1.29 is 0 Å². The second kappa shape index (κ2) is 4.81. The minimum absolute atomic E-state index is 0.320. The van der Waals surface area contributed by atoms with Gasteiger partial charge in [0.15, 0.2) is 0 Å². The van der Waals surface area contributed by atoms with E-state index in [1.54, 1.807) is 11.3 Å². The summed E-state index contributed by atoms with van der Waals surface area (Å²) in [6.45, 7) is 6.29. The molecule has 4 heteroatoms. The Bertz CT molecular complexity index is 326. The van der Waals surface area contributed by atoms with Crippen molar-refractivity contribution in [3.63, 3.8) is 0 Å². The highest BCUT2D eigenvalue weighted by molar-refractivity contribution is 7.09. The first kappa shape index (κ1) is 11.4. The van der Waals surface area contributed by atoms with E-state index in [2.05, 4.69) is 29.1 Å². The largest absolute Gasteiger partial charge is 0.293 e. The molecular weight excluding hydrogens is 228 g/mol. The van der Waals surface area contributed by atoms with Crippen molar-refractivity contribution in [1.82, 2.24) is 9.88 Å². The molecule has 2 atom stereocenters. The van der Waals surface area contributed by atoms with Crippen molar-refractivity contribution in [1.29, 1.82) is 0 Å². The number of rotatable bonds is 2. The second-order valence-electron chi connectivity index (χ2n) is 4.31. The van der Waals surface area contributed by atoms with Crippen LogP contribution in [0.3, 0.4) is 0 Å². The van der Waals surface area contributed by atoms with Crippen molar-refractivity contribution in [2.75, 3.05) is 6.54 Å². The number of halogens is 1. The number of likely N-dealkylation sites (tertiary alicyclic amines) is 1. The Labute approximate surface area is 100 Å². The maximum atomic E-state index is 6.19. The summed E-state index contributed by atoms with van der Waals surface area (Å²) >= 11 is 7.91. The second-order valence-corrected chi connectivity index (χ2v) is 5.99. The first-order valence-electron chi connectivity index (χ1n) is 5.44. The van der Waals surface area contributed by atoms with Crippen molar-refractivity contribution in [2.45, 2.75) is 44.7 Å². The van der Waals surface area contributed by atoms with Gasteiger partial charge in [0, 0.05) is 29.9 Å². The summed E-state index contributed by atoms with van der Waals surface area (Å²) in [5.74, 6) is 0. The van der Waals surface area contributed by atoms with Crippen molar-refractivity contribution >= 4 is 22.9 Å². The lowest BCUT2D eigenvalue weighted by Gasteiger charge is -2.35. The van der Waals surface area contributed by atoms with Gasteiger partial charge in [-0.2, -0.15) is 0 Å². The fourth-order valence-electron chi connectivity index (χ4n) is 2.04. The lowest BCUT2D eigenvalue weighted by molar-refractivity contribution is 0.154. The molecule has 2 rings (SSSR count). The molecule has 0 aliphatic carbocycles. The number of aromatic nitrogens is 1. The van der Waals surface area contributed by atoms with Gasteiger partial charge in [-0.15, -0.1) is 22.9 Å². The third kappa shape index (κ3) is 2.92. The van der Waals surface area contributed by atoms with E-state index in [4.69, 9.17) is 11.6 Å². The predicted molar refractivity (Wildman–Crippen MR) is 65.6 cm³/mol. The third-order valence-corrected chi connectivity index (χ3v) is 4.16. The Morgan fingerprint density at radius 1 is 1.60 bits per heavy atom. The molecule has 0 aromatic carbocycles. The van der Waals surface area contributed by atoms with E-state index in [9.17, 15) is 0 Å². The molecule has 1 aliphatic heterocycles. The molecular formula is C11H17ClN2S. The van der Waals surface area contributed by atoms with Crippen LogP contribution < -0.4 is 0 Å². The molecule has 1 saturated heterocycles. The molecule has 1 aromatic rings. The van der Waals surface area contributed by atoms with Crippen LogP contribution in [0.15, 0.2) is 5.38 Å². The SMILES string of the molecule is Cc1nc(CN2CC(Cl)CCC2C)cs1. The molecule has 0 radical (unpaired) electrons. The summed E-state index contributed by atoms with van der Waals surface area (Å²) < 4.78 is 0. The van der Waals surface area contributed by atoms with E-state index in [1.807, 2.05) is 0 Å². The molecule has 2 nitrogen and oxygen atoms in total. The third-order valence-electron chi connectivity index (χ3n) is 2.99. The van der Waals surface area contributed by atoms with E-state index in [0.717, 1.165) is 24.5 Å². The number of hydrogen-bond acceptors (Lipinski definition) is 3. The van der Waals surface area contributed by atoms with Gasteiger partial charge in [0.1, 0.15) is 0 Å². The Morgan fingerprint density at radius 2 is 2.40 bits per heavy atom. The zero-order valence-electron chi connectivity index (χ0n) is 9.24. The van der Waals surface area contributed by atoms with Gasteiger partial charge in [-0.25, -0.2) is 4.98 Å². The lowest BCUT2D eigenvalue weighted by Crippen LogP contribution is -2.41. The molecule has 2 unspecified atom stereocenters. The molecule has 0 bridgehead atoms. The molecule has 1 aliphatic rings. The number of alkyl halides is 1. The van der Waals surface area contributed by atoms with Crippen molar-refractivity contribution in [3.05, 3.63) is 16.1 Å². The Balaban J connectivity index is 1.98. The molecule has 1 aromatic heterocycles. The summed E-state index contributed by atoms with van der Waals surface area (Å²) in [4.78, 5) is 6.94. The smallest absolute Gasteiger partial charge is 0.0897 e. The minimum atomic E-state index is 0.320. The highest BCUT2D eigenvalue weighted by atomic mass is 35.5. The fourth-order valence-corrected chi connectivity index (χ4v) is 2.95. The molecule has 1 fully saturated rings. The van der Waals surface area contributed by atoms with Gasteiger partial charge in [0.05, 0.1) is 10.7 Å². The van der Waals surface area contributed by atoms with Crippen LogP contribution in [0.4, 0.5) is 0 Å². The Kier molecular flexibility index (Phi) is 3.65. The molecule has 0 N–H and O–H groups in total. The monoisotopic (exact) mass is 244 g/mol. The first-order valence-corrected chi connectivity index (χ1v) is 6.76. The zero-order valence-corrected chi connectivity index (χ0v) is 10.8. The van der Waals surface area contributed by atoms with Gasteiger partial charge in [-0.3, -0.25) is 4.90 Å². The lowest BCUT2D eigenvalue weighted by atomic mass is 10.0. The van der Waals surface area contributed by atoms with Gasteiger partial charge in [-0.1, -0.05) is 0 Å². The van der Waals surface area contributed by atoms with E-state index in [0.29, 0.717) is 11.4 Å². The molecule has 15 heavy (non-hydrogen) atoms. The zero-order chi connectivity index (χ0) is 10.8. The molecule has 84 valence electrons. The van der Waals surface area contributed by atoms with Gasteiger partial charge >= 0.3 is 0 Å². The number of nitrogens with zero attached hydrogens (tertiary/aromatic N) is 2. The van der Waals surface area contributed by atoms with Crippen molar-refractivity contribution in [3.8, 4) is 0 Å². The van der Waals surface area contributed by atoms with Crippen LogP contribution in [0.2, 0.25) is 0 Å². The van der Waals surface area contributed by atoms with Crippen LogP contribution in [0, 0.1) is 6.92 Å². The quantitative estimate of drug-likeness (QED) is 0.744. The highest BCUT2D eigenvalue weighted by Crippen LogP contribution is 2.23. The minimum Gasteiger partial charge on any atom is -0.293 e. The van der Waals surface area contributed by atoms with E-state index >= 15 is 0 Å². The normalized spacial score (nSPS) is 28.2. The van der Waals surface area contributed by atoms with Crippen molar-refractivity contribution in [2.24, 2.45) is 0 Å². The van der Waals surface area contributed by atoms with E-state index in [1.165, 1.54) is 12.1 Å². The van der Waals surface area contributed by atoms with Crippen LogP contribution in [0.1, 0.15) is 30.5 Å². The fraction of sp³-hybridized carbons (Fsp3) is 0.727. The topological polar surface area (TPSA) is 16.1 Å². The maximum absolute atomic E-state index is 6.19. The van der Waals surface area contributed by atoms with Gasteiger partial charge in [0.25, 0.3) is 0 Å². The number of piperidine rings is 1. The average Bonchev–Trinajstić information content (AvgIpc) is 2.58. The molecule has 2 heterocycles. The summed E-state index contributed by atoms with van der Waals surface area (Å²) in [5.41, 5.74) is 1.19. The predicted octanol–water partition coefficient (Wildman–Crippen LogP) is 3.04. The molecule has 0 saturated carbocycles.